The second kappa shape index (κ2) is 3.94. The number of hydrogen-bond donors (Lipinski definition) is 1. The molecule has 0 aliphatic carbocycles. The highest BCUT2D eigenvalue weighted by Gasteiger charge is 2.01. The van der Waals surface area contributed by atoms with E-state index in [1.807, 2.05) is 24.3 Å². The molecule has 2 nitrogen and oxygen atoms in total. The Morgan fingerprint density at radius 3 is 2.50 bits per heavy atom. The van der Waals surface area contributed by atoms with Crippen molar-refractivity contribution in [3.05, 3.63) is 36.0 Å². The molecule has 14 heavy (non-hydrogen) atoms. The van der Waals surface area contributed by atoms with Crippen LogP contribution < -0.4 is 4.78 Å². The van der Waals surface area contributed by atoms with Crippen LogP contribution in [0.25, 0.3) is 10.6 Å². The fourth-order valence-corrected chi connectivity index (χ4v) is 1.86. The Morgan fingerprint density at radius 1 is 1.29 bits per heavy atom. The van der Waals surface area contributed by atoms with Crippen LogP contribution in [0.2, 0.25) is 0 Å². The van der Waals surface area contributed by atoms with Gasteiger partial charge in [0.05, 0.1) is 6.61 Å². The van der Waals surface area contributed by atoms with Crippen molar-refractivity contribution in [2.24, 2.45) is 0 Å². The lowest BCUT2D eigenvalue weighted by Crippen LogP contribution is -1.89. The first-order valence-electron chi connectivity index (χ1n) is 4.21. The molecular formula is C10H8BNOS. The highest BCUT2D eigenvalue weighted by atomic mass is 32.1. The van der Waals surface area contributed by atoms with Gasteiger partial charge >= 0.3 is 0 Å². The minimum Gasteiger partial charge on any atom is -0.392 e. The SMILES string of the molecule is [B]c1cnc(-c2ccc(CO)cc2)s1. The Labute approximate surface area is 87.7 Å². The number of benzene rings is 1. The molecule has 0 aliphatic heterocycles. The molecule has 1 N–H and O–H groups in total. The molecule has 1 aromatic heterocycles. The molecule has 0 spiro atoms. The van der Waals surface area contributed by atoms with Crippen LogP contribution in [0.15, 0.2) is 30.5 Å². The molecule has 0 saturated heterocycles. The van der Waals surface area contributed by atoms with Crippen LogP contribution >= 0.6 is 11.3 Å². The van der Waals surface area contributed by atoms with Crippen LogP contribution in [0.5, 0.6) is 0 Å². The average molecular weight is 201 g/mol. The number of aliphatic hydroxyl groups excluding tert-OH is 1. The van der Waals surface area contributed by atoms with Crippen molar-refractivity contribution in [2.45, 2.75) is 6.61 Å². The van der Waals surface area contributed by atoms with Gasteiger partial charge in [0.1, 0.15) is 12.9 Å². The van der Waals surface area contributed by atoms with Crippen LogP contribution in [0, 0.1) is 0 Å². The zero-order valence-corrected chi connectivity index (χ0v) is 8.29. The summed E-state index contributed by atoms with van der Waals surface area (Å²) < 4.78 is 0.714. The quantitative estimate of drug-likeness (QED) is 0.738. The average Bonchev–Trinajstić information content (AvgIpc) is 2.65. The lowest BCUT2D eigenvalue weighted by atomic mass is 10.1. The van der Waals surface area contributed by atoms with Gasteiger partial charge in [-0.05, 0) is 10.3 Å². The third-order valence-corrected chi connectivity index (χ3v) is 2.78. The molecule has 0 amide bonds. The zero-order valence-electron chi connectivity index (χ0n) is 7.47. The van der Waals surface area contributed by atoms with Gasteiger partial charge in [0.15, 0.2) is 0 Å². The predicted octanol–water partition coefficient (Wildman–Crippen LogP) is 1.10. The van der Waals surface area contributed by atoms with Crippen molar-refractivity contribution in [3.8, 4) is 10.6 Å². The van der Waals surface area contributed by atoms with E-state index in [2.05, 4.69) is 4.98 Å². The summed E-state index contributed by atoms with van der Waals surface area (Å²) in [7, 11) is 5.59. The van der Waals surface area contributed by atoms with Crippen LogP contribution in [0.3, 0.4) is 0 Å². The number of aromatic nitrogens is 1. The van der Waals surface area contributed by atoms with E-state index in [1.165, 1.54) is 11.3 Å². The van der Waals surface area contributed by atoms with Crippen LogP contribution in [0.1, 0.15) is 5.56 Å². The molecule has 2 rings (SSSR count). The van der Waals surface area contributed by atoms with Gasteiger partial charge in [0.25, 0.3) is 0 Å². The number of aliphatic hydroxyl groups is 1. The number of rotatable bonds is 2. The minimum absolute atomic E-state index is 0.0697. The fourth-order valence-electron chi connectivity index (χ4n) is 1.17. The molecule has 0 bridgehead atoms. The Morgan fingerprint density at radius 2 is 2.00 bits per heavy atom. The molecule has 2 radical (unpaired) electrons. The summed E-state index contributed by atoms with van der Waals surface area (Å²) in [5.41, 5.74) is 1.93. The molecule has 4 heteroatoms. The predicted molar refractivity (Wildman–Crippen MR) is 58.9 cm³/mol. The van der Waals surface area contributed by atoms with E-state index < -0.39 is 0 Å². The van der Waals surface area contributed by atoms with Gasteiger partial charge in [-0.2, -0.15) is 0 Å². The monoisotopic (exact) mass is 201 g/mol. The molecule has 0 atom stereocenters. The first-order chi connectivity index (χ1) is 6.79. The molecule has 0 saturated carbocycles. The summed E-state index contributed by atoms with van der Waals surface area (Å²) in [4.78, 5) is 4.17. The second-order valence-electron chi connectivity index (χ2n) is 2.92. The van der Waals surface area contributed by atoms with Gasteiger partial charge < -0.3 is 5.11 Å². The van der Waals surface area contributed by atoms with E-state index >= 15 is 0 Å². The second-order valence-corrected chi connectivity index (χ2v) is 3.99. The van der Waals surface area contributed by atoms with Crippen LogP contribution in [-0.2, 0) is 6.61 Å². The summed E-state index contributed by atoms with van der Waals surface area (Å²) in [5.74, 6) is 0. The van der Waals surface area contributed by atoms with Gasteiger partial charge in [0, 0.05) is 11.8 Å². The first kappa shape index (κ1) is 9.43. The maximum atomic E-state index is 8.87. The van der Waals surface area contributed by atoms with E-state index in [0.717, 1.165) is 16.1 Å². The normalized spacial score (nSPS) is 10.4. The van der Waals surface area contributed by atoms with Gasteiger partial charge in [-0.25, -0.2) is 4.98 Å². The molecule has 1 aromatic carbocycles. The van der Waals surface area contributed by atoms with E-state index in [1.54, 1.807) is 6.20 Å². The number of hydrogen-bond acceptors (Lipinski definition) is 3. The van der Waals surface area contributed by atoms with E-state index in [4.69, 9.17) is 13.0 Å². The highest BCUT2D eigenvalue weighted by Crippen LogP contribution is 2.20. The standard InChI is InChI=1S/C10H8BNOS/c11-9-5-12-10(14-9)8-3-1-7(6-13)2-4-8/h1-5,13H,6H2. The molecule has 2 aromatic rings. The number of thiazole rings is 1. The van der Waals surface area contributed by atoms with Crippen LogP contribution in [-0.4, -0.2) is 17.9 Å². The Hall–Kier alpha value is -1.13. The summed E-state index contributed by atoms with van der Waals surface area (Å²) in [6.07, 6.45) is 1.65. The van der Waals surface area contributed by atoms with Crippen molar-refractivity contribution in [2.75, 3.05) is 0 Å². The minimum atomic E-state index is 0.0697. The molecule has 68 valence electrons. The molecule has 1 heterocycles. The van der Waals surface area contributed by atoms with E-state index in [0.29, 0.717) is 4.78 Å². The molecule has 0 fully saturated rings. The first-order valence-corrected chi connectivity index (χ1v) is 5.03. The highest BCUT2D eigenvalue weighted by molar-refractivity contribution is 7.22. The van der Waals surface area contributed by atoms with Gasteiger partial charge in [0.2, 0.25) is 0 Å². The van der Waals surface area contributed by atoms with E-state index in [9.17, 15) is 0 Å². The Bertz CT molecular complexity index is 424. The number of nitrogens with zero attached hydrogens (tertiary/aromatic N) is 1. The summed E-state index contributed by atoms with van der Waals surface area (Å²) >= 11 is 1.46. The van der Waals surface area contributed by atoms with Crippen molar-refractivity contribution in [1.82, 2.24) is 4.98 Å². The molecule has 0 aliphatic rings. The van der Waals surface area contributed by atoms with Gasteiger partial charge in [-0.15, -0.1) is 11.3 Å². The van der Waals surface area contributed by atoms with Crippen molar-refractivity contribution in [1.29, 1.82) is 0 Å². The van der Waals surface area contributed by atoms with Crippen molar-refractivity contribution < 1.29 is 5.11 Å². The van der Waals surface area contributed by atoms with Gasteiger partial charge in [-0.1, -0.05) is 24.3 Å². The third-order valence-electron chi connectivity index (χ3n) is 1.91. The molecular weight excluding hydrogens is 193 g/mol. The van der Waals surface area contributed by atoms with Crippen molar-refractivity contribution >= 4 is 24.0 Å². The van der Waals surface area contributed by atoms with Crippen LogP contribution in [0.4, 0.5) is 0 Å². The fraction of sp³-hybridized carbons (Fsp3) is 0.100. The summed E-state index contributed by atoms with van der Waals surface area (Å²) in [6, 6.07) is 7.63. The Balaban J connectivity index is 2.33. The molecule has 0 unspecified atom stereocenters. The zero-order chi connectivity index (χ0) is 9.97. The lowest BCUT2D eigenvalue weighted by molar-refractivity contribution is 0.282. The maximum absolute atomic E-state index is 8.87. The van der Waals surface area contributed by atoms with Gasteiger partial charge in [-0.3, -0.25) is 0 Å². The van der Waals surface area contributed by atoms with Crippen molar-refractivity contribution in [3.63, 3.8) is 0 Å². The maximum Gasteiger partial charge on any atom is 0.131 e. The Kier molecular flexibility index (Phi) is 2.66. The van der Waals surface area contributed by atoms with E-state index in [-0.39, 0.29) is 6.61 Å². The largest absolute Gasteiger partial charge is 0.392 e. The summed E-state index contributed by atoms with van der Waals surface area (Å²) in [6.45, 7) is 0.0697. The topological polar surface area (TPSA) is 33.1 Å². The summed E-state index contributed by atoms with van der Waals surface area (Å²) in [5, 5.41) is 9.78. The third kappa shape index (κ3) is 1.86. The lowest BCUT2D eigenvalue weighted by Gasteiger charge is -1.98. The smallest absolute Gasteiger partial charge is 0.131 e.